The van der Waals surface area contributed by atoms with Crippen LogP contribution < -0.4 is 0 Å². The van der Waals surface area contributed by atoms with Crippen molar-refractivity contribution in [3.05, 3.63) is 0 Å². The maximum Gasteiger partial charge on any atom is 2.00 e. The van der Waals surface area contributed by atoms with Gasteiger partial charge in [-0.1, -0.05) is 0 Å². The topological polar surface area (TPSA) is 114 Å². The van der Waals surface area contributed by atoms with Crippen molar-refractivity contribution in [2.45, 2.75) is 0 Å². The molecule has 0 aromatic carbocycles. The van der Waals surface area contributed by atoms with Crippen LogP contribution in [0.5, 0.6) is 0 Å². The third-order valence-corrected chi connectivity index (χ3v) is 2.25. The fourth-order valence-corrected chi connectivity index (χ4v) is 1.84. The summed E-state index contributed by atoms with van der Waals surface area (Å²) in [6, 6.07) is 0. The van der Waals surface area contributed by atoms with Gasteiger partial charge in [0.05, 0.1) is 31.7 Å². The van der Waals surface area contributed by atoms with Crippen LogP contribution in [0.2, 0.25) is 0 Å². The summed E-state index contributed by atoms with van der Waals surface area (Å²) in [6.45, 7) is 0. The van der Waals surface area contributed by atoms with Crippen molar-refractivity contribution in [1.29, 1.82) is 0 Å². The van der Waals surface area contributed by atoms with Crippen molar-refractivity contribution in [3.63, 3.8) is 0 Å². The Labute approximate surface area is 84.6 Å². The Kier molecular flexibility index (Phi) is 6.09. The Bertz CT molecular complexity index is 255. The molecule has 0 atom stereocenters. The Morgan fingerprint density at radius 2 is 1.00 bits per heavy atom. The number of rotatable bonds is 3. The first-order chi connectivity index (χ1) is 4.21. The molecule has 0 radical (unpaired) electrons. The summed E-state index contributed by atoms with van der Waals surface area (Å²) < 4.78 is 58.3. The smallest absolute Gasteiger partial charge is 0.748 e. The zero-order valence-corrected chi connectivity index (χ0v) is 11.1. The molecule has 6 nitrogen and oxygen atoms in total. The van der Waals surface area contributed by atoms with E-state index in [1.165, 1.54) is 0 Å². The van der Waals surface area contributed by atoms with Gasteiger partial charge < -0.3 is 9.11 Å². The molecule has 0 saturated carbocycles. The summed E-state index contributed by atoms with van der Waals surface area (Å²) in [7, 11) is -9.17. The van der Waals surface area contributed by atoms with Crippen LogP contribution in [0, 0.1) is 0 Å². The molecule has 9 heteroatoms. The normalized spacial score (nSPS) is 12.2. The van der Waals surface area contributed by atoms with Crippen LogP contribution in [0.3, 0.4) is 0 Å². The third kappa shape index (κ3) is 13.7. The molecule has 0 aliphatic heterocycles. The largest absolute Gasteiger partial charge is 2.00 e. The second-order valence-electron chi connectivity index (χ2n) is 1.52. The first kappa shape index (κ1) is 14.3. The van der Waals surface area contributed by atoms with Crippen LogP contribution in [-0.4, -0.2) is 37.4 Å². The standard InChI is InChI=1S/C2H6O6S2.Cd/c3-9(4,5)1-2-10(6,7)8;/h1-2H2,(H,3,4,5)(H,6,7,8);/q;+2/p-2. The summed E-state index contributed by atoms with van der Waals surface area (Å²) >= 11 is 0. The maximum absolute atomic E-state index is 9.72. The van der Waals surface area contributed by atoms with Crippen LogP contribution in [0.25, 0.3) is 0 Å². The predicted octanol–water partition coefficient (Wildman–Crippen LogP) is -1.93. The molecule has 0 rings (SSSR count). The summed E-state index contributed by atoms with van der Waals surface area (Å²) in [5.74, 6) is -2.31. The predicted molar refractivity (Wildman–Crippen MR) is 29.1 cm³/mol. The monoisotopic (exact) mass is 302 g/mol. The molecule has 0 bridgehead atoms. The van der Waals surface area contributed by atoms with E-state index >= 15 is 0 Å². The van der Waals surface area contributed by atoms with Gasteiger partial charge in [-0.05, 0) is 0 Å². The summed E-state index contributed by atoms with van der Waals surface area (Å²) in [6.07, 6.45) is 0. The van der Waals surface area contributed by atoms with E-state index in [2.05, 4.69) is 0 Å². The first-order valence-electron chi connectivity index (χ1n) is 2.08. The third-order valence-electron chi connectivity index (χ3n) is 0.583. The summed E-state index contributed by atoms with van der Waals surface area (Å²) in [4.78, 5) is 0. The van der Waals surface area contributed by atoms with E-state index in [1.54, 1.807) is 0 Å². The summed E-state index contributed by atoms with van der Waals surface area (Å²) in [5, 5.41) is 0. The molecular weight excluding hydrogens is 297 g/mol. The first-order valence-corrected chi connectivity index (χ1v) is 5.23. The Morgan fingerprint density at radius 3 is 1.09 bits per heavy atom. The molecule has 0 aliphatic carbocycles. The van der Waals surface area contributed by atoms with E-state index < -0.39 is 31.7 Å². The molecule has 0 saturated heterocycles. The van der Waals surface area contributed by atoms with Gasteiger partial charge in [-0.25, -0.2) is 16.8 Å². The fraction of sp³-hybridized carbons (Fsp3) is 1.00. The van der Waals surface area contributed by atoms with Crippen molar-refractivity contribution in [2.24, 2.45) is 0 Å². The van der Waals surface area contributed by atoms with Crippen LogP contribution in [0.1, 0.15) is 0 Å². The molecule has 11 heavy (non-hydrogen) atoms. The minimum atomic E-state index is -4.59. The fourth-order valence-electron chi connectivity index (χ4n) is 0.204. The van der Waals surface area contributed by atoms with Gasteiger partial charge in [-0.15, -0.1) is 0 Å². The average molecular weight is 301 g/mol. The summed E-state index contributed by atoms with van der Waals surface area (Å²) in [5.41, 5.74) is 0. The molecule has 0 amide bonds. The molecule has 0 heterocycles. The maximum atomic E-state index is 9.72. The second-order valence-corrected chi connectivity index (χ2v) is 4.57. The van der Waals surface area contributed by atoms with Crippen molar-refractivity contribution >= 4 is 20.2 Å². The van der Waals surface area contributed by atoms with Gasteiger partial charge in [0.2, 0.25) is 0 Å². The molecule has 0 aromatic rings. The number of hydrogen-bond acceptors (Lipinski definition) is 6. The van der Waals surface area contributed by atoms with Crippen LogP contribution in [0.15, 0.2) is 0 Å². The van der Waals surface area contributed by atoms with E-state index in [0.717, 1.165) is 0 Å². The van der Waals surface area contributed by atoms with Gasteiger partial charge in [-0.3, -0.25) is 0 Å². The van der Waals surface area contributed by atoms with E-state index in [9.17, 15) is 25.9 Å². The molecular formula is C2H4CdO6S2. The van der Waals surface area contributed by atoms with Gasteiger partial charge >= 0.3 is 27.3 Å². The SMILES string of the molecule is O=S(=O)([O-])CCS(=O)(=O)[O-].[Cd+2]. The van der Waals surface area contributed by atoms with Gasteiger partial charge in [0.1, 0.15) is 0 Å². The van der Waals surface area contributed by atoms with Crippen LogP contribution in [0.4, 0.5) is 0 Å². The zero-order valence-electron chi connectivity index (χ0n) is 5.39. The van der Waals surface area contributed by atoms with E-state index in [1.807, 2.05) is 0 Å². The molecule has 0 N–H and O–H groups in total. The van der Waals surface area contributed by atoms with Crippen molar-refractivity contribution in [2.75, 3.05) is 11.5 Å². The van der Waals surface area contributed by atoms with Crippen molar-refractivity contribution < 1.29 is 53.2 Å². The average Bonchev–Trinajstić information content (AvgIpc) is 1.57. The Morgan fingerprint density at radius 1 is 0.818 bits per heavy atom. The van der Waals surface area contributed by atoms with Crippen LogP contribution in [-0.2, 0) is 47.5 Å². The van der Waals surface area contributed by atoms with Crippen molar-refractivity contribution in [1.82, 2.24) is 0 Å². The molecule has 0 fully saturated rings. The van der Waals surface area contributed by atoms with Gasteiger partial charge in [0, 0.05) is 0 Å². The quantitative estimate of drug-likeness (QED) is 0.443. The Balaban J connectivity index is 0. The number of hydrogen-bond donors (Lipinski definition) is 0. The van der Waals surface area contributed by atoms with Gasteiger partial charge in [-0.2, -0.15) is 0 Å². The van der Waals surface area contributed by atoms with Gasteiger partial charge in [0.25, 0.3) is 0 Å². The molecule has 0 aromatic heterocycles. The van der Waals surface area contributed by atoms with Crippen molar-refractivity contribution in [3.8, 4) is 0 Å². The molecule has 0 aliphatic rings. The van der Waals surface area contributed by atoms with Gasteiger partial charge in [0.15, 0.2) is 0 Å². The minimum Gasteiger partial charge on any atom is -0.748 e. The molecule has 62 valence electrons. The van der Waals surface area contributed by atoms with E-state index in [0.29, 0.717) is 0 Å². The zero-order chi connectivity index (χ0) is 8.41. The Hall–Kier alpha value is 0.742. The van der Waals surface area contributed by atoms with Crippen LogP contribution >= 0.6 is 0 Å². The van der Waals surface area contributed by atoms with E-state index in [-0.39, 0.29) is 27.3 Å². The molecule has 0 spiro atoms. The minimum absolute atomic E-state index is 0. The second kappa shape index (κ2) is 4.69. The van der Waals surface area contributed by atoms with E-state index in [4.69, 9.17) is 0 Å². The molecule has 0 unspecified atom stereocenters.